The minimum Gasteiger partial charge on any atom is -0.351 e. The van der Waals surface area contributed by atoms with Crippen LogP contribution in [0.4, 0.5) is 0 Å². The van der Waals surface area contributed by atoms with Crippen LogP contribution in [0.15, 0.2) is 5.38 Å². The van der Waals surface area contributed by atoms with Gasteiger partial charge in [0, 0.05) is 29.4 Å². The van der Waals surface area contributed by atoms with E-state index in [1.54, 1.807) is 11.3 Å². The Labute approximate surface area is 138 Å². The van der Waals surface area contributed by atoms with Crippen LogP contribution in [0.5, 0.6) is 0 Å². The Hall–Kier alpha value is -0.870. The first-order valence-corrected chi connectivity index (χ1v) is 9.71. The Morgan fingerprint density at radius 2 is 2.00 bits per heavy atom. The minimum absolute atomic E-state index is 0.136. The van der Waals surface area contributed by atoms with E-state index in [1.165, 1.54) is 55.4 Å². The fourth-order valence-corrected chi connectivity index (χ4v) is 4.96. The summed E-state index contributed by atoms with van der Waals surface area (Å²) in [6, 6.07) is 0.722. The lowest BCUT2D eigenvalue weighted by molar-refractivity contribution is 0.0944. The molecule has 0 aliphatic heterocycles. The van der Waals surface area contributed by atoms with Crippen molar-refractivity contribution in [2.24, 2.45) is 0 Å². The first kappa shape index (κ1) is 16.0. The first-order chi connectivity index (χ1) is 10.8. The average Bonchev–Trinajstić information content (AvgIpc) is 2.99. The van der Waals surface area contributed by atoms with Gasteiger partial charge >= 0.3 is 0 Å². The van der Waals surface area contributed by atoms with Crippen LogP contribution in [0.25, 0.3) is 0 Å². The van der Waals surface area contributed by atoms with E-state index in [0.29, 0.717) is 0 Å². The van der Waals surface area contributed by atoms with E-state index in [-0.39, 0.29) is 5.91 Å². The number of amides is 1. The average molecular weight is 321 g/mol. The van der Waals surface area contributed by atoms with Gasteiger partial charge in [0.15, 0.2) is 0 Å². The zero-order valence-electron chi connectivity index (χ0n) is 13.7. The third-order valence-electron chi connectivity index (χ3n) is 5.25. The third kappa shape index (κ3) is 3.72. The molecule has 1 aromatic heterocycles. The van der Waals surface area contributed by atoms with E-state index in [1.807, 2.05) is 0 Å². The van der Waals surface area contributed by atoms with Gasteiger partial charge in [-0.2, -0.15) is 0 Å². The van der Waals surface area contributed by atoms with Crippen LogP contribution in [0.2, 0.25) is 0 Å². The summed E-state index contributed by atoms with van der Waals surface area (Å²) in [7, 11) is 2.20. The predicted octanol–water partition coefficient (Wildman–Crippen LogP) is 3.62. The lowest BCUT2D eigenvalue weighted by Crippen LogP contribution is -2.39. The van der Waals surface area contributed by atoms with Gasteiger partial charge in [0.2, 0.25) is 0 Å². The number of hydrogen-bond donors (Lipinski definition) is 1. The molecule has 0 aromatic carbocycles. The molecule has 1 aromatic rings. The molecular weight excluding hydrogens is 292 g/mol. The fourth-order valence-electron chi connectivity index (χ4n) is 3.83. The summed E-state index contributed by atoms with van der Waals surface area (Å²) in [5.74, 6) is 0.136. The van der Waals surface area contributed by atoms with Crippen molar-refractivity contribution in [3.05, 3.63) is 21.4 Å². The van der Waals surface area contributed by atoms with Crippen LogP contribution in [-0.2, 0) is 12.8 Å². The summed E-state index contributed by atoms with van der Waals surface area (Å²) in [4.78, 5) is 16.3. The van der Waals surface area contributed by atoms with E-state index in [9.17, 15) is 4.79 Å². The highest BCUT2D eigenvalue weighted by molar-refractivity contribution is 7.10. The Morgan fingerprint density at radius 1 is 1.23 bits per heavy atom. The standard InChI is InChI=1S/C18H28N2OS/c1-20(14-7-3-2-4-8-14)12-11-19-18(21)16-13-22-17-10-6-5-9-15(16)17/h13-14H,2-12H2,1H3,(H,19,21). The van der Waals surface area contributed by atoms with Crippen molar-refractivity contribution < 1.29 is 4.79 Å². The number of aryl methyl sites for hydroxylation is 1. The zero-order valence-corrected chi connectivity index (χ0v) is 14.5. The van der Waals surface area contributed by atoms with Gasteiger partial charge in [-0.1, -0.05) is 19.3 Å². The van der Waals surface area contributed by atoms with Crippen molar-refractivity contribution in [1.29, 1.82) is 0 Å². The highest BCUT2D eigenvalue weighted by Crippen LogP contribution is 2.30. The molecular formula is C18H28N2OS. The summed E-state index contributed by atoms with van der Waals surface area (Å²) in [5, 5.41) is 5.20. The molecule has 1 saturated carbocycles. The maximum absolute atomic E-state index is 12.4. The van der Waals surface area contributed by atoms with Crippen molar-refractivity contribution in [1.82, 2.24) is 10.2 Å². The molecule has 2 aliphatic rings. The highest BCUT2D eigenvalue weighted by atomic mass is 32.1. The largest absolute Gasteiger partial charge is 0.351 e. The van der Waals surface area contributed by atoms with Gasteiger partial charge in [-0.15, -0.1) is 11.3 Å². The van der Waals surface area contributed by atoms with Gasteiger partial charge in [0.25, 0.3) is 5.91 Å². The lowest BCUT2D eigenvalue weighted by atomic mass is 9.94. The van der Waals surface area contributed by atoms with Crippen molar-refractivity contribution in [2.45, 2.75) is 63.8 Å². The molecule has 1 N–H and O–H groups in total. The monoisotopic (exact) mass is 320 g/mol. The van der Waals surface area contributed by atoms with Crippen molar-refractivity contribution in [3.8, 4) is 0 Å². The SMILES string of the molecule is CN(CCNC(=O)c1csc2c1CCCC2)C1CCCCC1. The van der Waals surface area contributed by atoms with Gasteiger partial charge in [0.05, 0.1) is 5.56 Å². The quantitative estimate of drug-likeness (QED) is 0.898. The molecule has 1 fully saturated rings. The number of thiophene rings is 1. The maximum atomic E-state index is 12.4. The number of hydrogen-bond acceptors (Lipinski definition) is 3. The predicted molar refractivity (Wildman–Crippen MR) is 92.8 cm³/mol. The van der Waals surface area contributed by atoms with Crippen molar-refractivity contribution in [3.63, 3.8) is 0 Å². The summed E-state index contributed by atoms with van der Waals surface area (Å²) < 4.78 is 0. The smallest absolute Gasteiger partial charge is 0.252 e. The Kier molecular flexibility index (Phi) is 5.53. The molecule has 1 heterocycles. The normalized spacial score (nSPS) is 19.2. The van der Waals surface area contributed by atoms with Crippen LogP contribution >= 0.6 is 11.3 Å². The van der Waals surface area contributed by atoms with Crippen LogP contribution in [0, 0.1) is 0 Å². The van der Waals surface area contributed by atoms with Gasteiger partial charge in [-0.05, 0) is 51.1 Å². The number of rotatable bonds is 5. The zero-order chi connectivity index (χ0) is 15.4. The second kappa shape index (κ2) is 7.60. The number of nitrogens with zero attached hydrogens (tertiary/aromatic N) is 1. The topological polar surface area (TPSA) is 32.3 Å². The van der Waals surface area contributed by atoms with E-state index in [0.717, 1.165) is 37.5 Å². The van der Waals surface area contributed by atoms with E-state index in [4.69, 9.17) is 0 Å². The van der Waals surface area contributed by atoms with Crippen molar-refractivity contribution >= 4 is 17.2 Å². The number of likely N-dealkylation sites (N-methyl/N-ethyl adjacent to an activating group) is 1. The molecule has 3 nitrogen and oxygen atoms in total. The van der Waals surface area contributed by atoms with E-state index in [2.05, 4.69) is 22.6 Å². The molecule has 0 bridgehead atoms. The van der Waals surface area contributed by atoms with Gasteiger partial charge < -0.3 is 10.2 Å². The van der Waals surface area contributed by atoms with Crippen molar-refractivity contribution in [2.75, 3.05) is 20.1 Å². The lowest BCUT2D eigenvalue weighted by Gasteiger charge is -2.31. The number of fused-ring (bicyclic) bond motifs is 1. The van der Waals surface area contributed by atoms with Crippen LogP contribution < -0.4 is 5.32 Å². The van der Waals surface area contributed by atoms with Gasteiger partial charge in [0.1, 0.15) is 0 Å². The molecule has 0 spiro atoms. The molecule has 0 atom stereocenters. The molecule has 3 rings (SSSR count). The van der Waals surface area contributed by atoms with E-state index >= 15 is 0 Å². The Bertz CT molecular complexity index is 505. The second-order valence-corrected chi connectivity index (χ2v) is 7.75. The maximum Gasteiger partial charge on any atom is 0.252 e. The summed E-state index contributed by atoms with van der Waals surface area (Å²) in [6.45, 7) is 1.72. The molecule has 4 heteroatoms. The molecule has 0 unspecified atom stereocenters. The molecule has 2 aliphatic carbocycles. The van der Waals surface area contributed by atoms with Crippen LogP contribution in [0.3, 0.4) is 0 Å². The van der Waals surface area contributed by atoms with Crippen LogP contribution in [0.1, 0.15) is 65.7 Å². The highest BCUT2D eigenvalue weighted by Gasteiger charge is 2.21. The number of nitrogens with one attached hydrogen (secondary N) is 1. The molecule has 0 saturated heterocycles. The van der Waals surface area contributed by atoms with Gasteiger partial charge in [-0.3, -0.25) is 4.79 Å². The fraction of sp³-hybridized carbons (Fsp3) is 0.722. The molecule has 122 valence electrons. The number of carbonyl (C=O) groups is 1. The molecule has 22 heavy (non-hydrogen) atoms. The summed E-state index contributed by atoms with van der Waals surface area (Å²) in [5.41, 5.74) is 2.27. The molecule has 1 amide bonds. The second-order valence-electron chi connectivity index (χ2n) is 6.79. The van der Waals surface area contributed by atoms with Crippen LogP contribution in [-0.4, -0.2) is 37.0 Å². The first-order valence-electron chi connectivity index (χ1n) is 8.83. The summed E-state index contributed by atoms with van der Waals surface area (Å²) >= 11 is 1.77. The number of carbonyl (C=O) groups excluding carboxylic acids is 1. The Morgan fingerprint density at radius 3 is 2.82 bits per heavy atom. The molecule has 0 radical (unpaired) electrons. The third-order valence-corrected chi connectivity index (χ3v) is 6.34. The van der Waals surface area contributed by atoms with Gasteiger partial charge in [-0.25, -0.2) is 0 Å². The Balaban J connectivity index is 1.47. The van der Waals surface area contributed by atoms with E-state index < -0.39 is 0 Å². The minimum atomic E-state index is 0.136. The summed E-state index contributed by atoms with van der Waals surface area (Å²) in [6.07, 6.45) is 11.5.